The van der Waals surface area contributed by atoms with Crippen molar-refractivity contribution >= 4 is 49.9 Å². The molecule has 0 radical (unpaired) electrons. The lowest BCUT2D eigenvalue weighted by Crippen LogP contribution is -2.14. The van der Waals surface area contributed by atoms with Gasteiger partial charge in [-0.3, -0.25) is 4.72 Å². The van der Waals surface area contributed by atoms with Crippen LogP contribution in [0.25, 0.3) is 22.2 Å². The van der Waals surface area contributed by atoms with Crippen molar-refractivity contribution in [2.75, 3.05) is 24.7 Å². The van der Waals surface area contributed by atoms with Crippen LogP contribution in [0.1, 0.15) is 42.1 Å². The minimum absolute atomic E-state index is 0.0374. The van der Waals surface area contributed by atoms with E-state index in [1.807, 2.05) is 6.20 Å². The maximum Gasteiger partial charge on any atom is 0.342 e. The number of sulfonamides is 1. The number of fused-ring (bicyclic) bond motifs is 1. The van der Waals surface area contributed by atoms with Gasteiger partial charge in [-0.25, -0.2) is 27.6 Å². The lowest BCUT2D eigenvalue weighted by molar-refractivity contribution is 0.0597. The first-order chi connectivity index (χ1) is 17.7. The van der Waals surface area contributed by atoms with Crippen molar-refractivity contribution in [3.8, 4) is 16.9 Å². The normalized spacial score (nSPS) is 14.2. The first-order valence-electron chi connectivity index (χ1n) is 11.4. The van der Waals surface area contributed by atoms with Gasteiger partial charge in [0.05, 0.1) is 25.3 Å². The van der Waals surface area contributed by atoms with Crippen molar-refractivity contribution in [1.29, 1.82) is 0 Å². The lowest BCUT2D eigenvalue weighted by atomic mass is 10.1. The van der Waals surface area contributed by atoms with E-state index in [0.29, 0.717) is 22.2 Å². The summed E-state index contributed by atoms with van der Waals surface area (Å²) in [5, 5.41) is 1.94. The van der Waals surface area contributed by atoms with Crippen LogP contribution in [0.2, 0.25) is 0 Å². The Kier molecular flexibility index (Phi) is 6.50. The molecule has 1 aliphatic rings. The molecule has 0 saturated heterocycles. The van der Waals surface area contributed by atoms with Gasteiger partial charge in [-0.15, -0.1) is 11.3 Å². The molecule has 4 aromatic rings. The number of hydrogen-bond donors (Lipinski definition) is 2. The number of anilines is 2. The molecule has 3 N–H and O–H groups in total. The van der Waals surface area contributed by atoms with Gasteiger partial charge in [-0.2, -0.15) is 0 Å². The number of carbonyl (C=O) groups is 1. The molecule has 1 aromatic carbocycles. The van der Waals surface area contributed by atoms with E-state index in [9.17, 15) is 13.2 Å². The maximum absolute atomic E-state index is 15.3. The van der Waals surface area contributed by atoms with Crippen LogP contribution in [-0.2, 0) is 14.8 Å². The van der Waals surface area contributed by atoms with Crippen molar-refractivity contribution in [3.05, 3.63) is 47.5 Å². The predicted octanol–water partition coefficient (Wildman–Crippen LogP) is 4.59. The average Bonchev–Trinajstić information content (AvgIpc) is 3.63. The van der Waals surface area contributed by atoms with Crippen molar-refractivity contribution in [2.45, 2.75) is 35.9 Å². The summed E-state index contributed by atoms with van der Waals surface area (Å²) in [6, 6.07) is 4.45. The van der Waals surface area contributed by atoms with Gasteiger partial charge in [0.1, 0.15) is 29.2 Å². The SMILES string of the molecule is COC(=O)c1csc(S(=O)(=O)Nc2ccc(-c3cn(C4CCCC4)c4ncnc(N)c34)cc2F)c1OC. The van der Waals surface area contributed by atoms with E-state index in [2.05, 4.69) is 24.0 Å². The highest BCUT2D eigenvalue weighted by atomic mass is 32.2. The van der Waals surface area contributed by atoms with Crippen molar-refractivity contribution in [1.82, 2.24) is 14.5 Å². The number of esters is 1. The standard InChI is InChI=1S/C24H24FN5O5S2/c1-34-20-16(23(31)35-2)11-36-24(20)37(32,33)29-18-8-7-13(9-17(18)25)15-10-30(14-5-3-4-6-14)22-19(15)21(26)27-12-28-22/h7-12,14,29H,3-6H2,1-2H3,(H2,26,27,28). The number of nitrogens with zero attached hydrogens (tertiary/aromatic N) is 3. The zero-order chi connectivity index (χ0) is 26.3. The number of ether oxygens (including phenoxy) is 2. The Balaban J connectivity index is 1.51. The second-order valence-corrected chi connectivity index (χ2v) is 11.4. The summed E-state index contributed by atoms with van der Waals surface area (Å²) in [6.07, 6.45) is 7.61. The molecule has 0 amide bonds. The van der Waals surface area contributed by atoms with Gasteiger partial charge < -0.3 is 19.8 Å². The molecule has 194 valence electrons. The topological polar surface area (TPSA) is 138 Å². The third-order valence-electron chi connectivity index (χ3n) is 6.45. The minimum atomic E-state index is -4.27. The van der Waals surface area contributed by atoms with Gasteiger partial charge in [0.25, 0.3) is 10.0 Å². The van der Waals surface area contributed by atoms with Crippen LogP contribution in [0.15, 0.2) is 40.3 Å². The summed E-state index contributed by atoms with van der Waals surface area (Å²) in [5.74, 6) is -1.42. The summed E-state index contributed by atoms with van der Waals surface area (Å²) in [7, 11) is -1.86. The monoisotopic (exact) mass is 545 g/mol. The van der Waals surface area contributed by atoms with Crippen molar-refractivity contribution in [2.24, 2.45) is 0 Å². The second-order valence-electron chi connectivity index (χ2n) is 8.61. The van der Waals surface area contributed by atoms with Crippen LogP contribution in [0.3, 0.4) is 0 Å². The third-order valence-corrected chi connectivity index (χ3v) is 9.31. The fourth-order valence-corrected chi connectivity index (χ4v) is 7.19. The molecule has 0 bridgehead atoms. The summed E-state index contributed by atoms with van der Waals surface area (Å²) < 4.78 is 55.2. The number of rotatable bonds is 7. The van der Waals surface area contributed by atoms with E-state index in [1.54, 1.807) is 6.07 Å². The molecule has 0 atom stereocenters. The highest BCUT2D eigenvalue weighted by molar-refractivity contribution is 7.94. The van der Waals surface area contributed by atoms with Gasteiger partial charge in [0, 0.05) is 23.2 Å². The average molecular weight is 546 g/mol. The molecule has 5 rings (SSSR count). The quantitative estimate of drug-likeness (QED) is 0.322. The predicted molar refractivity (Wildman–Crippen MR) is 138 cm³/mol. The van der Waals surface area contributed by atoms with Crippen molar-refractivity contribution < 1.29 is 27.1 Å². The highest BCUT2D eigenvalue weighted by Gasteiger charge is 2.29. The number of aromatic nitrogens is 3. The van der Waals surface area contributed by atoms with Gasteiger partial charge in [-0.05, 0) is 30.5 Å². The molecule has 37 heavy (non-hydrogen) atoms. The number of nitrogens with two attached hydrogens (primary N) is 1. The molecular weight excluding hydrogens is 521 g/mol. The molecule has 13 heteroatoms. The molecule has 3 aromatic heterocycles. The molecule has 0 spiro atoms. The first kappa shape index (κ1) is 25.0. The van der Waals surface area contributed by atoms with Gasteiger partial charge in [-0.1, -0.05) is 18.9 Å². The smallest absolute Gasteiger partial charge is 0.342 e. The Morgan fingerprint density at radius 2 is 2.00 bits per heavy atom. The number of benzene rings is 1. The summed E-state index contributed by atoms with van der Waals surface area (Å²) in [4.78, 5) is 20.5. The Morgan fingerprint density at radius 1 is 1.24 bits per heavy atom. The lowest BCUT2D eigenvalue weighted by Gasteiger charge is -2.12. The Bertz CT molecular complexity index is 1610. The van der Waals surface area contributed by atoms with Crippen LogP contribution in [0, 0.1) is 5.82 Å². The third kappa shape index (κ3) is 4.37. The number of methoxy groups -OCH3 is 2. The Labute approximate surface area is 216 Å². The Morgan fingerprint density at radius 3 is 2.68 bits per heavy atom. The van der Waals surface area contributed by atoms with Crippen LogP contribution in [0.4, 0.5) is 15.9 Å². The summed E-state index contributed by atoms with van der Waals surface area (Å²) in [6.45, 7) is 0. The van der Waals surface area contributed by atoms with Crippen LogP contribution < -0.4 is 15.2 Å². The van der Waals surface area contributed by atoms with E-state index in [1.165, 1.54) is 38.1 Å². The van der Waals surface area contributed by atoms with E-state index >= 15 is 4.39 Å². The molecule has 1 fully saturated rings. The van der Waals surface area contributed by atoms with Crippen molar-refractivity contribution in [3.63, 3.8) is 0 Å². The fraction of sp³-hybridized carbons (Fsp3) is 0.292. The molecule has 0 aliphatic heterocycles. The molecular formula is C24H24FN5O5S2. The zero-order valence-corrected chi connectivity index (χ0v) is 21.7. The number of thiophene rings is 1. The molecule has 1 aliphatic carbocycles. The zero-order valence-electron chi connectivity index (χ0n) is 20.0. The van der Waals surface area contributed by atoms with Crippen LogP contribution in [0.5, 0.6) is 5.75 Å². The molecule has 1 saturated carbocycles. The first-order valence-corrected chi connectivity index (χ1v) is 13.8. The van der Waals surface area contributed by atoms with Gasteiger partial charge >= 0.3 is 5.97 Å². The number of carbonyl (C=O) groups excluding carboxylic acids is 1. The summed E-state index contributed by atoms with van der Waals surface area (Å²) >= 11 is 0.765. The van der Waals surface area contributed by atoms with E-state index < -0.39 is 21.8 Å². The van der Waals surface area contributed by atoms with E-state index in [-0.39, 0.29) is 33.1 Å². The molecule has 10 nitrogen and oxygen atoms in total. The number of nitrogens with one attached hydrogen (secondary N) is 1. The van der Waals surface area contributed by atoms with Gasteiger partial charge in [0.2, 0.25) is 0 Å². The number of halogens is 1. The minimum Gasteiger partial charge on any atom is -0.493 e. The van der Waals surface area contributed by atoms with E-state index in [4.69, 9.17) is 10.5 Å². The van der Waals surface area contributed by atoms with Crippen LogP contribution in [-0.4, -0.2) is 43.1 Å². The van der Waals surface area contributed by atoms with Crippen LogP contribution >= 0.6 is 11.3 Å². The second kappa shape index (κ2) is 9.63. The number of nitrogen functional groups attached to an aromatic ring is 1. The van der Waals surface area contributed by atoms with E-state index in [0.717, 1.165) is 37.0 Å². The highest BCUT2D eigenvalue weighted by Crippen LogP contribution is 2.40. The van der Waals surface area contributed by atoms with Gasteiger partial charge in [0.15, 0.2) is 9.96 Å². The summed E-state index contributed by atoms with van der Waals surface area (Å²) in [5.41, 5.74) is 7.74. The Hall–Kier alpha value is -3.71. The fourth-order valence-electron chi connectivity index (χ4n) is 4.70. The molecule has 0 unspecified atom stereocenters. The number of hydrogen-bond acceptors (Lipinski definition) is 9. The largest absolute Gasteiger partial charge is 0.493 e. The molecule has 3 heterocycles. The maximum atomic E-state index is 15.3.